The molecule has 0 aliphatic heterocycles. The number of hydrogen-bond donors (Lipinski definition) is 2. The van der Waals surface area contributed by atoms with Crippen LogP contribution in [0.5, 0.6) is 0 Å². The summed E-state index contributed by atoms with van der Waals surface area (Å²) in [5.41, 5.74) is 8.23. The van der Waals surface area contributed by atoms with Gasteiger partial charge >= 0.3 is 12.4 Å². The Balaban J connectivity index is 0.000000184. The average Bonchev–Trinajstić information content (AvgIpc) is 4.10. The third-order valence-corrected chi connectivity index (χ3v) is 10.8. The van der Waals surface area contributed by atoms with Crippen LogP contribution in [0.1, 0.15) is 88.9 Å². The molecule has 0 atom stereocenters. The first kappa shape index (κ1) is 43.3. The molecule has 2 N–H and O–H groups in total. The molecule has 4 heterocycles. The zero-order chi connectivity index (χ0) is 43.6. The van der Waals surface area contributed by atoms with Crippen molar-refractivity contribution in [2.24, 2.45) is 11.8 Å². The van der Waals surface area contributed by atoms with Gasteiger partial charge in [-0.1, -0.05) is 42.4 Å². The fourth-order valence-electron chi connectivity index (χ4n) is 7.02. The number of alkyl halides is 6. The minimum atomic E-state index is -4.25. The molecule has 10 nitrogen and oxygen atoms in total. The second-order valence-corrected chi connectivity index (χ2v) is 16.0. The first-order valence-electron chi connectivity index (χ1n) is 19.9. The summed E-state index contributed by atoms with van der Waals surface area (Å²) in [4.78, 5) is 33.6. The summed E-state index contributed by atoms with van der Waals surface area (Å²) in [5.74, 6) is 1.35. The number of nitrogens with one attached hydrogen (secondary N) is 2. The smallest absolute Gasteiger partial charge is 0.382 e. The van der Waals surface area contributed by atoms with Crippen molar-refractivity contribution < 1.29 is 35.9 Å². The Morgan fingerprint density at radius 3 is 1.57 bits per heavy atom. The summed E-state index contributed by atoms with van der Waals surface area (Å²) in [6.07, 6.45) is 0.00568. The normalized spacial score (nSPS) is 14.2. The maximum atomic E-state index is 12.5. The van der Waals surface area contributed by atoms with Gasteiger partial charge in [0.1, 0.15) is 0 Å². The van der Waals surface area contributed by atoms with Crippen LogP contribution < -0.4 is 10.6 Å². The molecule has 0 spiro atoms. The lowest BCUT2D eigenvalue weighted by atomic mass is 9.98. The molecular weight excluding hydrogens is 822 g/mol. The van der Waals surface area contributed by atoms with Crippen LogP contribution in [0.3, 0.4) is 0 Å². The largest absolute Gasteiger partial charge is 0.390 e. The Labute approximate surface area is 352 Å². The van der Waals surface area contributed by atoms with Crippen LogP contribution in [-0.2, 0) is 0 Å². The highest BCUT2D eigenvalue weighted by molar-refractivity contribution is 6.29. The van der Waals surface area contributed by atoms with Gasteiger partial charge in [0.05, 0.1) is 53.7 Å². The SMILES string of the molecule is C=Cc1cc(NCCC(F)(F)F)c2ncc(-c3ccc(C(=O)CC4CC4)c(C)c3)n2n1.Cc1cc(-c2cnc3c(NCCC(F)(F)F)cc(Cl)nn23)ccc1C(=O)CC1CC1. The topological polar surface area (TPSA) is 119 Å². The third kappa shape index (κ3) is 11.0. The number of rotatable bonds is 15. The number of nitrogens with zero attached hydrogens (tertiary/aromatic N) is 6. The Morgan fingerprint density at radius 1 is 0.721 bits per heavy atom. The molecular formula is C44H43ClF6N8O2. The Morgan fingerprint density at radius 2 is 1.16 bits per heavy atom. The maximum Gasteiger partial charge on any atom is 0.390 e. The second-order valence-electron chi connectivity index (χ2n) is 15.6. The predicted molar refractivity (Wildman–Crippen MR) is 223 cm³/mol. The van der Waals surface area contributed by atoms with Crippen molar-refractivity contribution in [1.29, 1.82) is 0 Å². The van der Waals surface area contributed by atoms with E-state index in [1.54, 1.807) is 23.0 Å². The molecule has 0 amide bonds. The lowest BCUT2D eigenvalue weighted by Crippen LogP contribution is -2.15. The van der Waals surface area contributed by atoms with Crippen LogP contribution in [0.25, 0.3) is 39.9 Å². The van der Waals surface area contributed by atoms with Gasteiger partial charge in [-0.05, 0) is 86.8 Å². The van der Waals surface area contributed by atoms with Crippen molar-refractivity contribution in [1.82, 2.24) is 29.2 Å². The zero-order valence-electron chi connectivity index (χ0n) is 33.4. The number of ketones is 2. The van der Waals surface area contributed by atoms with Crippen LogP contribution in [-0.4, -0.2) is 66.2 Å². The van der Waals surface area contributed by atoms with E-state index in [2.05, 4.69) is 37.4 Å². The molecule has 0 bridgehead atoms. The van der Waals surface area contributed by atoms with Crippen LogP contribution in [0.4, 0.5) is 37.7 Å². The van der Waals surface area contributed by atoms with E-state index in [-0.39, 0.29) is 29.8 Å². The Kier molecular flexibility index (Phi) is 12.6. The van der Waals surface area contributed by atoms with Crippen molar-refractivity contribution in [3.8, 4) is 22.5 Å². The fourth-order valence-corrected chi connectivity index (χ4v) is 7.20. The molecule has 2 aromatic carbocycles. The monoisotopic (exact) mass is 864 g/mol. The first-order chi connectivity index (χ1) is 29.0. The maximum absolute atomic E-state index is 12.5. The van der Waals surface area contributed by atoms with Crippen molar-refractivity contribution in [3.05, 3.63) is 101 Å². The molecule has 0 radical (unpaired) electrons. The molecule has 2 aliphatic carbocycles. The van der Waals surface area contributed by atoms with E-state index in [1.807, 2.05) is 50.2 Å². The van der Waals surface area contributed by atoms with Crippen molar-refractivity contribution in [2.45, 2.75) is 77.6 Å². The summed E-state index contributed by atoms with van der Waals surface area (Å²) < 4.78 is 78.0. The van der Waals surface area contributed by atoms with Gasteiger partial charge in [-0.25, -0.2) is 19.0 Å². The van der Waals surface area contributed by atoms with E-state index in [0.717, 1.165) is 53.5 Å². The number of Topliss-reactive ketones (excluding diaryl/α,β-unsaturated/α-hetero) is 2. The van der Waals surface area contributed by atoms with Gasteiger partial charge in [-0.2, -0.15) is 36.5 Å². The highest BCUT2D eigenvalue weighted by Crippen LogP contribution is 2.36. The summed E-state index contributed by atoms with van der Waals surface area (Å²) in [5, 5.41) is 14.4. The van der Waals surface area contributed by atoms with Crippen molar-refractivity contribution >= 4 is 51.9 Å². The van der Waals surface area contributed by atoms with E-state index in [4.69, 9.17) is 11.6 Å². The first-order valence-corrected chi connectivity index (χ1v) is 20.3. The Hall–Kier alpha value is -5.77. The highest BCUT2D eigenvalue weighted by Gasteiger charge is 2.29. The summed E-state index contributed by atoms with van der Waals surface area (Å²) in [6.45, 7) is 6.95. The third-order valence-electron chi connectivity index (χ3n) is 10.6. The van der Waals surface area contributed by atoms with Gasteiger partial charge in [-0.15, -0.1) is 0 Å². The number of benzene rings is 2. The van der Waals surface area contributed by atoms with Crippen molar-refractivity contribution in [3.63, 3.8) is 0 Å². The van der Waals surface area contributed by atoms with Crippen molar-refractivity contribution in [2.75, 3.05) is 23.7 Å². The van der Waals surface area contributed by atoms with Gasteiger partial charge in [0.2, 0.25) is 0 Å². The van der Waals surface area contributed by atoms with Crippen LogP contribution in [0, 0.1) is 25.7 Å². The molecule has 17 heteroatoms. The standard InChI is InChI=1S/C23H23F3N4O.C21H20ClF3N4O/c1-3-17-12-19(27-9-8-23(24,25)26)22-28-13-20(30(22)29-17)16-6-7-18(14(2)10-16)21(31)11-15-4-5-15;1-12-8-14(4-5-15(12)18(30)9-13-2-3-13)17-11-27-20-16(10-19(22)28-29(17)20)26-7-6-21(23,24)25/h3,6-7,10,12-13,15,27H,1,4-5,8-9,11H2,2H3;4-5,8,10-11,13,26H,2-3,6-7,9H2,1H3. The van der Waals surface area contributed by atoms with E-state index in [0.29, 0.717) is 70.0 Å². The van der Waals surface area contributed by atoms with Gasteiger partial charge < -0.3 is 10.6 Å². The molecule has 6 aromatic rings. The van der Waals surface area contributed by atoms with E-state index < -0.39 is 25.2 Å². The van der Waals surface area contributed by atoms with Crippen LogP contribution >= 0.6 is 11.6 Å². The van der Waals surface area contributed by atoms with Gasteiger partial charge in [-0.3, -0.25) is 9.59 Å². The van der Waals surface area contributed by atoms with E-state index in [9.17, 15) is 35.9 Å². The number of aryl methyl sites for hydroxylation is 2. The minimum absolute atomic E-state index is 0.129. The molecule has 0 unspecified atom stereocenters. The number of hydrogen-bond acceptors (Lipinski definition) is 8. The zero-order valence-corrected chi connectivity index (χ0v) is 34.2. The number of aromatic nitrogens is 6. The molecule has 2 saturated carbocycles. The van der Waals surface area contributed by atoms with Crippen LogP contribution in [0.2, 0.25) is 5.15 Å². The number of fused-ring (bicyclic) bond motifs is 2. The number of imidazole rings is 2. The van der Waals surface area contributed by atoms with Gasteiger partial charge in [0, 0.05) is 54.3 Å². The fraction of sp³-hybridized carbons (Fsp3) is 0.364. The summed E-state index contributed by atoms with van der Waals surface area (Å²) in [6, 6.07) is 14.2. The quantitative estimate of drug-likeness (QED) is 0.0774. The van der Waals surface area contributed by atoms with Gasteiger partial charge in [0.25, 0.3) is 0 Å². The number of halogens is 7. The van der Waals surface area contributed by atoms with E-state index >= 15 is 0 Å². The molecule has 2 fully saturated rings. The number of carbonyl (C=O) groups is 2. The summed E-state index contributed by atoms with van der Waals surface area (Å²) in [7, 11) is 0. The molecule has 4 aromatic heterocycles. The lowest BCUT2D eigenvalue weighted by molar-refractivity contribution is -0.132. The van der Waals surface area contributed by atoms with Gasteiger partial charge in [0.15, 0.2) is 28.0 Å². The van der Waals surface area contributed by atoms with E-state index in [1.165, 1.54) is 16.7 Å². The highest BCUT2D eigenvalue weighted by atomic mass is 35.5. The minimum Gasteiger partial charge on any atom is -0.382 e. The predicted octanol–water partition coefficient (Wildman–Crippen LogP) is 11.4. The van der Waals surface area contributed by atoms with Crippen LogP contribution in [0.15, 0.2) is 67.5 Å². The molecule has 8 rings (SSSR count). The number of carbonyl (C=O) groups excluding carboxylic acids is 2. The molecule has 61 heavy (non-hydrogen) atoms. The summed E-state index contributed by atoms with van der Waals surface area (Å²) >= 11 is 6.09. The Bertz CT molecular complexity index is 2610. The molecule has 2 aliphatic rings. The molecule has 320 valence electrons. The molecule has 0 saturated heterocycles. The lowest BCUT2D eigenvalue weighted by Gasteiger charge is -2.11. The average molecular weight is 865 g/mol. The second kappa shape index (κ2) is 17.7. The number of anilines is 2.